The molecule has 9 aromatic carbocycles. The third-order valence-corrected chi connectivity index (χ3v) is 13.7. The fourth-order valence-corrected chi connectivity index (χ4v) is 10.5. The predicted octanol–water partition coefficient (Wildman–Crippen LogP) is 16.5. The van der Waals surface area contributed by atoms with Gasteiger partial charge in [0.2, 0.25) is 0 Å². The van der Waals surface area contributed by atoms with Gasteiger partial charge in [-0.25, -0.2) is 0 Å². The maximum atomic E-state index is 4.45. The lowest BCUT2D eigenvalue weighted by Crippen LogP contribution is -2.30. The third kappa shape index (κ3) is 7.11. The van der Waals surface area contributed by atoms with Gasteiger partial charge in [-0.3, -0.25) is 15.0 Å². The summed E-state index contributed by atoms with van der Waals surface area (Å²) in [5.41, 5.74) is 11.9. The molecule has 0 N–H and O–H groups in total. The lowest BCUT2D eigenvalue weighted by atomic mass is 10.0. The Balaban J connectivity index is 1.03. The van der Waals surface area contributed by atoms with Crippen molar-refractivity contribution >= 4 is 106 Å². The molecule has 13 rings (SSSR count). The Bertz CT molecular complexity index is 3760. The zero-order valence-electron chi connectivity index (χ0n) is 38.2. The second-order valence-corrected chi connectivity index (χ2v) is 17.7. The van der Waals surface area contributed by atoms with E-state index in [4.69, 9.17) is 0 Å². The average molecular weight is 900 g/mol. The van der Waals surface area contributed by atoms with Gasteiger partial charge in [-0.1, -0.05) is 109 Å². The molecule has 0 saturated carbocycles. The zero-order valence-corrected chi connectivity index (χ0v) is 38.2. The number of anilines is 8. The standard InChI is InChI=1S/C63H45N7/c1-4-16-54-44(10-1)13-7-19-59(54)67(49-30-36-64-37-31-49)47-22-24-48(25-23-47)70-62-28-26-52(68(50-32-38-65-39-33-50)60-20-8-14-45-11-2-5-17-55(45)60)42-57(62)58-43-53(27-29-63(58)70)69(51-34-40-66-41-35-51)61-21-9-15-46-12-3-6-18-56(46)61/h1-30,32-43,49H,31H2. The van der Waals surface area contributed by atoms with Crippen molar-refractivity contribution in [3.05, 3.63) is 249 Å². The van der Waals surface area contributed by atoms with E-state index >= 15 is 0 Å². The van der Waals surface area contributed by atoms with Crippen molar-refractivity contribution in [2.75, 3.05) is 14.7 Å². The van der Waals surface area contributed by atoms with Crippen LogP contribution in [0.15, 0.2) is 254 Å². The van der Waals surface area contributed by atoms with Crippen molar-refractivity contribution in [3.63, 3.8) is 0 Å². The van der Waals surface area contributed by atoms with Gasteiger partial charge in [0.25, 0.3) is 0 Å². The van der Waals surface area contributed by atoms with Crippen LogP contribution in [0.1, 0.15) is 6.42 Å². The minimum absolute atomic E-state index is 0.106. The van der Waals surface area contributed by atoms with Gasteiger partial charge in [0.05, 0.1) is 28.5 Å². The van der Waals surface area contributed by atoms with Crippen LogP contribution in [0.5, 0.6) is 0 Å². The second kappa shape index (κ2) is 17.4. The number of rotatable bonds is 10. The lowest BCUT2D eigenvalue weighted by molar-refractivity contribution is 0.812. The molecule has 4 heterocycles. The topological polar surface area (TPSA) is 52.8 Å². The van der Waals surface area contributed by atoms with Crippen LogP contribution < -0.4 is 14.7 Å². The molecule has 1 unspecified atom stereocenters. The minimum atomic E-state index is 0.106. The number of fused-ring (bicyclic) bond motifs is 6. The van der Waals surface area contributed by atoms with Gasteiger partial charge in [-0.05, 0) is 125 Å². The second-order valence-electron chi connectivity index (χ2n) is 17.7. The number of aromatic nitrogens is 3. The van der Waals surface area contributed by atoms with Crippen LogP contribution in [-0.4, -0.2) is 26.8 Å². The molecule has 1 aliphatic rings. The Labute approximate surface area is 405 Å². The van der Waals surface area contributed by atoms with Crippen molar-refractivity contribution < 1.29 is 0 Å². The number of benzene rings is 9. The van der Waals surface area contributed by atoms with Crippen LogP contribution in [0.3, 0.4) is 0 Å². The third-order valence-electron chi connectivity index (χ3n) is 13.7. The summed E-state index contributed by atoms with van der Waals surface area (Å²) in [5, 5.41) is 9.40. The van der Waals surface area contributed by atoms with E-state index in [0.717, 1.165) is 73.7 Å². The van der Waals surface area contributed by atoms with Gasteiger partial charge in [0.15, 0.2) is 0 Å². The summed E-state index contributed by atoms with van der Waals surface area (Å²) in [6.45, 7) is 0. The average Bonchev–Trinajstić information content (AvgIpc) is 3.75. The number of aliphatic imine (C=N–C) groups is 1. The van der Waals surface area contributed by atoms with E-state index in [1.54, 1.807) is 0 Å². The SMILES string of the molecule is C1=CC(N(c2ccc(-n3c4ccc(N(c5ccncc5)c5cccc6ccccc56)cc4c4cc(N(c5ccncc5)c5cccc6ccccc56)ccc43)cc2)c2cccc3ccccc23)CC=N1. The molecule has 0 aliphatic carbocycles. The Morgan fingerprint density at radius 2 is 0.829 bits per heavy atom. The van der Waals surface area contributed by atoms with Crippen LogP contribution in [0, 0.1) is 0 Å². The molecule has 0 saturated heterocycles. The van der Waals surface area contributed by atoms with Crippen molar-refractivity contribution in [1.29, 1.82) is 0 Å². The molecule has 0 spiro atoms. The summed E-state index contributed by atoms with van der Waals surface area (Å²) in [6.07, 6.45) is 14.4. The van der Waals surface area contributed by atoms with Crippen molar-refractivity contribution in [2.45, 2.75) is 12.5 Å². The highest BCUT2D eigenvalue weighted by molar-refractivity contribution is 6.13. The van der Waals surface area contributed by atoms with Gasteiger partial charge in [-0.15, -0.1) is 0 Å². The van der Waals surface area contributed by atoms with Gasteiger partial charge in [-0.2, -0.15) is 0 Å². The van der Waals surface area contributed by atoms with Crippen LogP contribution in [-0.2, 0) is 0 Å². The summed E-state index contributed by atoms with van der Waals surface area (Å²) in [6, 6.07) is 76.9. The lowest BCUT2D eigenvalue weighted by Gasteiger charge is -2.33. The predicted molar refractivity (Wildman–Crippen MR) is 293 cm³/mol. The number of hydrogen-bond donors (Lipinski definition) is 0. The summed E-state index contributed by atoms with van der Waals surface area (Å²) in [5.74, 6) is 0. The zero-order chi connectivity index (χ0) is 46.4. The summed E-state index contributed by atoms with van der Waals surface area (Å²) in [7, 11) is 0. The highest BCUT2D eigenvalue weighted by Gasteiger charge is 2.24. The first-order valence-electron chi connectivity index (χ1n) is 23.7. The minimum Gasteiger partial charge on any atom is -0.334 e. The quantitative estimate of drug-likeness (QED) is 0.137. The van der Waals surface area contributed by atoms with E-state index in [2.05, 4.69) is 253 Å². The largest absolute Gasteiger partial charge is 0.334 e. The molecule has 7 heteroatoms. The molecule has 0 fully saturated rings. The monoisotopic (exact) mass is 899 g/mol. The maximum Gasteiger partial charge on any atom is 0.0589 e. The number of pyridine rings is 2. The fraction of sp³-hybridized carbons (Fsp3) is 0.0317. The van der Waals surface area contributed by atoms with Gasteiger partial charge < -0.3 is 19.3 Å². The van der Waals surface area contributed by atoms with E-state index < -0.39 is 0 Å². The number of hydrogen-bond acceptors (Lipinski definition) is 6. The van der Waals surface area contributed by atoms with Gasteiger partial charge >= 0.3 is 0 Å². The van der Waals surface area contributed by atoms with Gasteiger partial charge in [0, 0.05) is 110 Å². The smallest absolute Gasteiger partial charge is 0.0589 e. The molecule has 0 radical (unpaired) electrons. The van der Waals surface area contributed by atoms with E-state index in [-0.39, 0.29) is 6.04 Å². The molecule has 332 valence electrons. The first-order valence-corrected chi connectivity index (χ1v) is 23.7. The molecule has 3 aromatic heterocycles. The Morgan fingerprint density at radius 3 is 1.31 bits per heavy atom. The Morgan fingerprint density at radius 1 is 0.386 bits per heavy atom. The molecular weight excluding hydrogens is 855 g/mol. The summed E-state index contributed by atoms with van der Waals surface area (Å²) in [4.78, 5) is 20.5. The maximum absolute atomic E-state index is 4.45. The molecule has 1 aliphatic heterocycles. The van der Waals surface area contributed by atoms with Crippen molar-refractivity contribution in [1.82, 2.24) is 14.5 Å². The van der Waals surface area contributed by atoms with Crippen LogP contribution in [0.25, 0.3) is 59.8 Å². The summed E-state index contributed by atoms with van der Waals surface area (Å²) < 4.78 is 2.42. The highest BCUT2D eigenvalue weighted by atomic mass is 15.2. The van der Waals surface area contributed by atoms with E-state index in [0.29, 0.717) is 0 Å². The van der Waals surface area contributed by atoms with Crippen molar-refractivity contribution in [2.24, 2.45) is 4.99 Å². The Kier molecular flexibility index (Phi) is 10.2. The van der Waals surface area contributed by atoms with E-state index in [1.807, 2.05) is 37.2 Å². The molecule has 0 bridgehead atoms. The normalized spacial score (nSPS) is 13.4. The highest BCUT2D eigenvalue weighted by Crippen LogP contribution is 2.45. The van der Waals surface area contributed by atoms with Crippen molar-refractivity contribution in [3.8, 4) is 5.69 Å². The van der Waals surface area contributed by atoms with E-state index in [9.17, 15) is 0 Å². The molecular formula is C63H45N7. The molecule has 12 aromatic rings. The fourth-order valence-electron chi connectivity index (χ4n) is 10.5. The van der Waals surface area contributed by atoms with Crippen LogP contribution in [0.2, 0.25) is 0 Å². The molecule has 70 heavy (non-hydrogen) atoms. The molecule has 1 atom stereocenters. The summed E-state index contributed by atoms with van der Waals surface area (Å²) >= 11 is 0. The molecule has 7 nitrogen and oxygen atoms in total. The van der Waals surface area contributed by atoms with Crippen LogP contribution >= 0.6 is 0 Å². The van der Waals surface area contributed by atoms with E-state index in [1.165, 1.54) is 38.0 Å². The van der Waals surface area contributed by atoms with Gasteiger partial charge in [0.1, 0.15) is 0 Å². The van der Waals surface area contributed by atoms with Crippen LogP contribution in [0.4, 0.5) is 45.5 Å². The Hall–Kier alpha value is -9.33. The molecule has 0 amide bonds. The number of nitrogens with zero attached hydrogens (tertiary/aromatic N) is 7. The first-order chi connectivity index (χ1) is 34.7. The first kappa shape index (κ1) is 40.9.